The molecular formula is C32H39ClFN9O2. The SMILES string of the molecule is C=CC(=O)N1[C@H](C)CN(c2nc(=O)n(CC(=NC=NC(=N)C(C)C)C(C)C)c3nc(-c4c(N)cccc4F)c(Cl)cc23)C[C@@H]1C. The number of fused-ring (bicyclic) bond motifs is 1. The molecule has 1 aromatic carbocycles. The monoisotopic (exact) mass is 635 g/mol. The molecule has 3 aromatic rings. The zero-order valence-electron chi connectivity index (χ0n) is 26.4. The molecule has 1 fully saturated rings. The van der Waals surface area contributed by atoms with Gasteiger partial charge in [0, 0.05) is 42.5 Å². The van der Waals surface area contributed by atoms with Crippen molar-refractivity contribution >= 4 is 57.9 Å². The second-order valence-electron chi connectivity index (χ2n) is 11.8. The van der Waals surface area contributed by atoms with Crippen molar-refractivity contribution in [2.24, 2.45) is 21.8 Å². The van der Waals surface area contributed by atoms with E-state index < -0.39 is 11.5 Å². The van der Waals surface area contributed by atoms with E-state index in [1.54, 1.807) is 17.0 Å². The van der Waals surface area contributed by atoms with Crippen LogP contribution < -0.4 is 16.3 Å². The Morgan fingerprint density at radius 1 is 1.20 bits per heavy atom. The number of nitrogen functional groups attached to an aromatic ring is 1. The largest absolute Gasteiger partial charge is 0.398 e. The summed E-state index contributed by atoms with van der Waals surface area (Å²) in [7, 11) is 0. The average molecular weight is 636 g/mol. The number of carbonyl (C=O) groups excluding carboxylic acids is 1. The molecule has 2 aromatic heterocycles. The number of hydrogen-bond acceptors (Lipinski definition) is 7. The van der Waals surface area contributed by atoms with E-state index in [0.717, 1.165) is 0 Å². The third kappa shape index (κ3) is 6.95. The molecule has 2 atom stereocenters. The molecule has 13 heteroatoms. The van der Waals surface area contributed by atoms with Gasteiger partial charge in [0.1, 0.15) is 29.5 Å². The number of aliphatic imine (C=N–C) groups is 2. The van der Waals surface area contributed by atoms with Crippen molar-refractivity contribution in [3.05, 3.63) is 58.2 Å². The summed E-state index contributed by atoms with van der Waals surface area (Å²) in [6.07, 6.45) is 2.61. The Morgan fingerprint density at radius 3 is 2.44 bits per heavy atom. The Balaban J connectivity index is 1.94. The number of amidine groups is 1. The summed E-state index contributed by atoms with van der Waals surface area (Å²) in [5.74, 6) is -0.413. The summed E-state index contributed by atoms with van der Waals surface area (Å²) in [6, 6.07) is 5.52. The highest BCUT2D eigenvalue weighted by atomic mass is 35.5. The number of nitrogens with two attached hydrogens (primary N) is 1. The molecule has 0 radical (unpaired) electrons. The molecule has 1 amide bonds. The number of benzene rings is 1. The summed E-state index contributed by atoms with van der Waals surface area (Å²) in [5, 5.41) is 8.59. The van der Waals surface area contributed by atoms with E-state index in [1.165, 1.54) is 29.1 Å². The molecule has 0 aliphatic carbocycles. The number of carbonyl (C=O) groups is 1. The van der Waals surface area contributed by atoms with Crippen molar-refractivity contribution in [3.8, 4) is 11.3 Å². The zero-order chi connectivity index (χ0) is 33.2. The first-order valence-corrected chi connectivity index (χ1v) is 15.2. The normalized spacial score (nSPS) is 17.6. The maximum Gasteiger partial charge on any atom is 0.351 e. The van der Waals surface area contributed by atoms with Crippen molar-refractivity contribution in [2.75, 3.05) is 23.7 Å². The molecule has 0 spiro atoms. The smallest absolute Gasteiger partial charge is 0.351 e. The molecule has 3 N–H and O–H groups in total. The maximum absolute atomic E-state index is 15.1. The number of aromatic nitrogens is 3. The van der Waals surface area contributed by atoms with E-state index in [9.17, 15) is 9.59 Å². The van der Waals surface area contributed by atoms with Crippen molar-refractivity contribution in [3.63, 3.8) is 0 Å². The predicted octanol–water partition coefficient (Wildman–Crippen LogP) is 5.20. The van der Waals surface area contributed by atoms with Gasteiger partial charge >= 0.3 is 5.69 Å². The maximum atomic E-state index is 15.1. The quantitative estimate of drug-likeness (QED) is 0.150. The molecule has 1 aliphatic rings. The highest BCUT2D eigenvalue weighted by Crippen LogP contribution is 2.37. The molecule has 3 heterocycles. The fraction of sp³-hybridized carbons (Fsp3) is 0.406. The number of piperazine rings is 1. The minimum atomic E-state index is -0.606. The lowest BCUT2D eigenvalue weighted by Gasteiger charge is -2.44. The summed E-state index contributed by atoms with van der Waals surface area (Å²) >= 11 is 6.76. The third-order valence-electron chi connectivity index (χ3n) is 7.77. The van der Waals surface area contributed by atoms with Crippen LogP contribution in [0.3, 0.4) is 0 Å². The van der Waals surface area contributed by atoms with Crippen molar-refractivity contribution in [2.45, 2.75) is 60.2 Å². The van der Waals surface area contributed by atoms with Crippen LogP contribution in [-0.4, -0.2) is 68.4 Å². The van der Waals surface area contributed by atoms with Gasteiger partial charge in [0.05, 0.1) is 28.2 Å². The molecule has 0 saturated carbocycles. The number of rotatable bonds is 8. The Morgan fingerprint density at radius 2 is 1.87 bits per heavy atom. The van der Waals surface area contributed by atoms with Crippen LogP contribution in [0.4, 0.5) is 15.9 Å². The number of hydrogen-bond donors (Lipinski definition) is 2. The third-order valence-corrected chi connectivity index (χ3v) is 8.06. The van der Waals surface area contributed by atoms with Gasteiger partial charge in [-0.15, -0.1) is 0 Å². The van der Waals surface area contributed by atoms with Gasteiger partial charge in [-0.05, 0) is 44.0 Å². The number of amides is 1. The van der Waals surface area contributed by atoms with Gasteiger partial charge in [-0.25, -0.2) is 24.2 Å². The molecule has 238 valence electrons. The zero-order valence-corrected chi connectivity index (χ0v) is 27.1. The highest BCUT2D eigenvalue weighted by molar-refractivity contribution is 6.34. The number of nitrogens with zero attached hydrogens (tertiary/aromatic N) is 7. The second-order valence-corrected chi connectivity index (χ2v) is 12.2. The number of pyridine rings is 1. The van der Waals surface area contributed by atoms with Crippen molar-refractivity contribution in [1.82, 2.24) is 19.4 Å². The Kier molecular flexibility index (Phi) is 10.2. The van der Waals surface area contributed by atoms with E-state index >= 15 is 4.39 Å². The standard InChI is InChI=1S/C32H39ClFN9O2/c1-8-26(44)43-19(6)13-41(14-20(43)7)30-21-12-22(33)28(27-23(34)10-9-11-24(27)35)39-31(21)42(32(45)40-30)15-25(17(2)3)37-16-38-29(36)18(4)5/h8-12,16-20,36H,1,13-15,35H2,2-7H3/t19-,20+. The van der Waals surface area contributed by atoms with Gasteiger partial charge in [-0.3, -0.25) is 14.8 Å². The van der Waals surface area contributed by atoms with Crippen molar-refractivity contribution in [1.29, 1.82) is 5.41 Å². The lowest BCUT2D eigenvalue weighted by molar-refractivity contribution is -0.130. The average Bonchev–Trinajstić information content (AvgIpc) is 2.97. The van der Waals surface area contributed by atoms with Gasteiger partial charge < -0.3 is 15.5 Å². The van der Waals surface area contributed by atoms with Crippen LogP contribution in [0.2, 0.25) is 5.02 Å². The first-order valence-electron chi connectivity index (χ1n) is 14.8. The van der Waals surface area contributed by atoms with E-state index in [0.29, 0.717) is 30.0 Å². The molecular weight excluding hydrogens is 597 g/mol. The van der Waals surface area contributed by atoms with Crippen LogP contribution in [0, 0.1) is 23.1 Å². The summed E-state index contributed by atoms with van der Waals surface area (Å²) in [6.45, 7) is 15.8. The summed E-state index contributed by atoms with van der Waals surface area (Å²) < 4.78 is 16.5. The fourth-order valence-electron chi connectivity index (χ4n) is 5.39. The minimum Gasteiger partial charge on any atom is -0.398 e. The Bertz CT molecular complexity index is 1730. The predicted molar refractivity (Wildman–Crippen MR) is 180 cm³/mol. The number of nitrogens with one attached hydrogen (secondary N) is 1. The van der Waals surface area contributed by atoms with Crippen LogP contribution in [0.25, 0.3) is 22.3 Å². The second kappa shape index (κ2) is 13.7. The lowest BCUT2D eigenvalue weighted by Crippen LogP contribution is -2.58. The van der Waals surface area contributed by atoms with E-state index in [4.69, 9.17) is 27.7 Å². The fourth-order valence-corrected chi connectivity index (χ4v) is 5.63. The van der Waals surface area contributed by atoms with Gasteiger partial charge in [0.2, 0.25) is 5.91 Å². The Labute approximate surface area is 266 Å². The topological polar surface area (TPSA) is 146 Å². The van der Waals surface area contributed by atoms with Crippen LogP contribution in [-0.2, 0) is 11.3 Å². The summed E-state index contributed by atoms with van der Waals surface area (Å²) in [5.41, 5.74) is 6.64. The highest BCUT2D eigenvalue weighted by Gasteiger charge is 2.34. The number of halogens is 2. The van der Waals surface area contributed by atoms with Crippen molar-refractivity contribution < 1.29 is 9.18 Å². The molecule has 0 unspecified atom stereocenters. The molecule has 1 saturated heterocycles. The van der Waals surface area contributed by atoms with E-state index in [2.05, 4.69) is 21.5 Å². The Hall–Kier alpha value is -4.45. The molecule has 4 rings (SSSR count). The molecule has 0 bridgehead atoms. The van der Waals surface area contributed by atoms with Gasteiger partial charge in [-0.2, -0.15) is 4.98 Å². The van der Waals surface area contributed by atoms with Crippen LogP contribution in [0.5, 0.6) is 0 Å². The molecule has 1 aliphatic heterocycles. The minimum absolute atomic E-state index is 0.0105. The number of anilines is 2. The van der Waals surface area contributed by atoms with Gasteiger partial charge in [-0.1, -0.05) is 51.9 Å². The van der Waals surface area contributed by atoms with Gasteiger partial charge in [0.15, 0.2) is 0 Å². The summed E-state index contributed by atoms with van der Waals surface area (Å²) in [4.78, 5) is 47.9. The molecule has 45 heavy (non-hydrogen) atoms. The lowest BCUT2D eigenvalue weighted by atomic mass is 10.1. The first kappa shape index (κ1) is 33.4. The van der Waals surface area contributed by atoms with E-state index in [-0.39, 0.29) is 69.8 Å². The van der Waals surface area contributed by atoms with Crippen LogP contribution in [0.15, 0.2) is 51.7 Å². The first-order chi connectivity index (χ1) is 21.2. The van der Waals surface area contributed by atoms with Gasteiger partial charge in [0.25, 0.3) is 0 Å². The van der Waals surface area contributed by atoms with Crippen LogP contribution >= 0.6 is 11.6 Å². The van der Waals surface area contributed by atoms with Crippen LogP contribution in [0.1, 0.15) is 41.5 Å². The van der Waals surface area contributed by atoms with E-state index in [1.807, 2.05) is 46.4 Å². The molecule has 11 nitrogen and oxygen atoms in total.